The Morgan fingerprint density at radius 3 is 2.33 bits per heavy atom. The minimum Gasteiger partial charge on any atom is -0.287 e. The van der Waals surface area contributed by atoms with Crippen LogP contribution in [0.15, 0.2) is 58.5 Å². The van der Waals surface area contributed by atoms with Gasteiger partial charge in [0.2, 0.25) is 0 Å². The van der Waals surface area contributed by atoms with Gasteiger partial charge in [0, 0.05) is 17.7 Å². The van der Waals surface area contributed by atoms with Crippen molar-refractivity contribution in [2.75, 3.05) is 0 Å². The van der Waals surface area contributed by atoms with Crippen LogP contribution in [-0.4, -0.2) is 14.5 Å². The van der Waals surface area contributed by atoms with Gasteiger partial charge in [-0.15, -0.1) is 0 Å². The summed E-state index contributed by atoms with van der Waals surface area (Å²) in [6.07, 6.45) is 0. The Morgan fingerprint density at radius 2 is 1.63 bits per heavy atom. The van der Waals surface area contributed by atoms with Crippen LogP contribution in [0.3, 0.4) is 0 Å². The highest BCUT2D eigenvalue weighted by Gasteiger charge is 2.14. The van der Waals surface area contributed by atoms with Crippen molar-refractivity contribution in [3.8, 4) is 0 Å². The first-order valence-electron chi connectivity index (χ1n) is 8.76. The van der Waals surface area contributed by atoms with Crippen LogP contribution < -0.4 is 5.56 Å². The number of fused-ring (bicyclic) bond motifs is 2. The van der Waals surface area contributed by atoms with E-state index in [-0.39, 0.29) is 5.56 Å². The van der Waals surface area contributed by atoms with Crippen molar-refractivity contribution in [2.24, 2.45) is 0 Å². The topological polar surface area (TPSA) is 47.8 Å². The van der Waals surface area contributed by atoms with Crippen molar-refractivity contribution in [3.05, 3.63) is 75.2 Å². The molecule has 0 amide bonds. The van der Waals surface area contributed by atoms with E-state index in [0.29, 0.717) is 33.4 Å². The number of hydrogen-bond acceptors (Lipinski definition) is 4. The van der Waals surface area contributed by atoms with Crippen LogP contribution in [0.25, 0.3) is 21.8 Å². The third-order valence-electron chi connectivity index (χ3n) is 4.63. The lowest BCUT2D eigenvalue weighted by Gasteiger charge is -2.13. The summed E-state index contributed by atoms with van der Waals surface area (Å²) in [6.45, 7) is 4.53. The number of aryl methyl sites for hydroxylation is 1. The minimum absolute atomic E-state index is 0.0145. The van der Waals surface area contributed by atoms with Gasteiger partial charge >= 0.3 is 0 Å². The highest BCUT2D eigenvalue weighted by atomic mass is 35.5. The van der Waals surface area contributed by atoms with Crippen LogP contribution in [0, 0.1) is 6.92 Å². The lowest BCUT2D eigenvalue weighted by molar-refractivity contribution is 0.634. The summed E-state index contributed by atoms with van der Waals surface area (Å²) < 4.78 is 1.70. The molecule has 0 bridgehead atoms. The molecule has 2 aromatic carbocycles. The molecule has 27 heavy (non-hydrogen) atoms. The zero-order valence-corrected chi connectivity index (χ0v) is 16.6. The molecule has 2 heterocycles. The van der Waals surface area contributed by atoms with Gasteiger partial charge in [0.05, 0.1) is 27.1 Å². The highest BCUT2D eigenvalue weighted by Crippen LogP contribution is 2.31. The molecule has 0 spiro atoms. The van der Waals surface area contributed by atoms with E-state index in [0.717, 1.165) is 22.2 Å². The van der Waals surface area contributed by atoms with Crippen LogP contribution in [0.1, 0.15) is 18.2 Å². The quantitative estimate of drug-likeness (QED) is 0.351. The van der Waals surface area contributed by atoms with E-state index in [9.17, 15) is 4.79 Å². The lowest BCUT2D eigenvalue weighted by atomic mass is 10.1. The van der Waals surface area contributed by atoms with Crippen LogP contribution >= 0.6 is 23.4 Å². The summed E-state index contributed by atoms with van der Waals surface area (Å²) >= 11 is 8.06. The summed E-state index contributed by atoms with van der Waals surface area (Å²) in [4.78, 5) is 22.2. The van der Waals surface area contributed by atoms with E-state index >= 15 is 0 Å². The Balaban J connectivity index is 1.75. The molecule has 0 atom stereocenters. The van der Waals surface area contributed by atoms with Gasteiger partial charge in [-0.3, -0.25) is 14.3 Å². The maximum Gasteiger partial charge on any atom is 0.262 e. The molecule has 0 aliphatic carbocycles. The minimum atomic E-state index is -0.0145. The average Bonchev–Trinajstić information content (AvgIpc) is 2.70. The van der Waals surface area contributed by atoms with Crippen molar-refractivity contribution in [3.63, 3.8) is 0 Å². The third kappa shape index (κ3) is 3.22. The molecule has 0 fully saturated rings. The number of para-hydroxylation sites is 2. The van der Waals surface area contributed by atoms with Crippen LogP contribution in [-0.2, 0) is 12.3 Å². The van der Waals surface area contributed by atoms with E-state index in [1.807, 2.05) is 62.4 Å². The molecule has 136 valence electrons. The number of hydrogen-bond donors (Lipinski definition) is 0. The van der Waals surface area contributed by atoms with Crippen molar-refractivity contribution >= 4 is 45.2 Å². The average molecular weight is 396 g/mol. The maximum absolute atomic E-state index is 12.8. The molecule has 2 aromatic heterocycles. The Labute approximate surface area is 166 Å². The fourth-order valence-corrected chi connectivity index (χ4v) is 4.48. The number of rotatable bonds is 4. The van der Waals surface area contributed by atoms with Gasteiger partial charge in [-0.2, -0.15) is 0 Å². The largest absolute Gasteiger partial charge is 0.287 e. The van der Waals surface area contributed by atoms with E-state index in [1.54, 1.807) is 4.57 Å². The van der Waals surface area contributed by atoms with Crippen molar-refractivity contribution in [2.45, 2.75) is 31.3 Å². The Morgan fingerprint density at radius 1 is 1.00 bits per heavy atom. The van der Waals surface area contributed by atoms with Crippen molar-refractivity contribution in [1.82, 2.24) is 14.5 Å². The molecule has 0 aliphatic rings. The van der Waals surface area contributed by atoms with E-state index in [1.165, 1.54) is 11.8 Å². The van der Waals surface area contributed by atoms with E-state index < -0.39 is 0 Å². The van der Waals surface area contributed by atoms with Crippen LogP contribution in [0.4, 0.5) is 0 Å². The van der Waals surface area contributed by atoms with Gasteiger partial charge in [0.25, 0.3) is 5.56 Å². The normalized spacial score (nSPS) is 11.4. The fourth-order valence-electron chi connectivity index (χ4n) is 3.18. The van der Waals surface area contributed by atoms with Gasteiger partial charge in [-0.25, -0.2) is 4.98 Å². The number of pyridine rings is 1. The molecular formula is C21H18ClN3OS. The molecule has 0 radical (unpaired) electrons. The van der Waals surface area contributed by atoms with Gasteiger partial charge in [0.1, 0.15) is 0 Å². The second-order valence-corrected chi connectivity index (χ2v) is 7.58. The number of nitrogens with zero attached hydrogens (tertiary/aromatic N) is 3. The van der Waals surface area contributed by atoms with Gasteiger partial charge in [-0.05, 0) is 37.6 Å². The summed E-state index contributed by atoms with van der Waals surface area (Å²) in [5.74, 6) is 0.551. The number of benzene rings is 2. The molecule has 0 saturated heterocycles. The van der Waals surface area contributed by atoms with Crippen molar-refractivity contribution < 1.29 is 0 Å². The predicted molar refractivity (Wildman–Crippen MR) is 113 cm³/mol. The molecule has 0 N–H and O–H groups in total. The number of halogens is 1. The van der Waals surface area contributed by atoms with E-state index in [4.69, 9.17) is 21.6 Å². The Hall–Kier alpha value is -2.37. The molecule has 4 nitrogen and oxygen atoms in total. The second-order valence-electron chi connectivity index (χ2n) is 6.26. The molecule has 4 aromatic rings. The monoisotopic (exact) mass is 395 g/mol. The predicted octanol–water partition coefficient (Wildman–Crippen LogP) is 5.22. The first kappa shape index (κ1) is 18.0. The zero-order chi connectivity index (χ0) is 19.0. The van der Waals surface area contributed by atoms with Crippen LogP contribution in [0.2, 0.25) is 5.02 Å². The summed E-state index contributed by atoms with van der Waals surface area (Å²) in [5, 5.41) is 3.06. The first-order valence-corrected chi connectivity index (χ1v) is 10.1. The number of thioether (sulfide) groups is 1. The standard InChI is InChI=1S/C21H18ClN3OS/c1-3-25-20(26)15-9-5-7-11-17(15)24-21(25)27-12-18-19(22)13(2)14-8-4-6-10-16(14)23-18/h4-11H,3,12H2,1-2H3. The summed E-state index contributed by atoms with van der Waals surface area (Å²) in [6, 6.07) is 15.4. The van der Waals surface area contributed by atoms with E-state index in [2.05, 4.69) is 0 Å². The van der Waals surface area contributed by atoms with Gasteiger partial charge in [-0.1, -0.05) is 53.7 Å². The lowest BCUT2D eigenvalue weighted by Crippen LogP contribution is -2.22. The van der Waals surface area contributed by atoms with Crippen molar-refractivity contribution in [1.29, 1.82) is 0 Å². The Kier molecular flexibility index (Phi) is 4.89. The SMILES string of the molecule is CCn1c(SCc2nc3ccccc3c(C)c2Cl)nc2ccccc2c1=O. The second kappa shape index (κ2) is 7.33. The molecule has 0 saturated carbocycles. The Bertz CT molecular complexity index is 1220. The third-order valence-corrected chi connectivity index (χ3v) is 6.12. The van der Waals surface area contributed by atoms with Gasteiger partial charge < -0.3 is 0 Å². The molecular weight excluding hydrogens is 378 g/mol. The molecule has 0 unspecified atom stereocenters. The summed E-state index contributed by atoms with van der Waals surface area (Å²) in [5.41, 5.74) is 3.46. The molecule has 0 aliphatic heterocycles. The van der Waals surface area contributed by atoms with Crippen LogP contribution in [0.5, 0.6) is 0 Å². The number of aromatic nitrogens is 3. The zero-order valence-electron chi connectivity index (χ0n) is 15.1. The fraction of sp³-hybridized carbons (Fsp3) is 0.190. The smallest absolute Gasteiger partial charge is 0.262 e. The molecule has 4 rings (SSSR count). The summed E-state index contributed by atoms with van der Waals surface area (Å²) in [7, 11) is 0. The first-order chi connectivity index (χ1) is 13.1. The van der Waals surface area contributed by atoms with Gasteiger partial charge in [0.15, 0.2) is 5.16 Å². The highest BCUT2D eigenvalue weighted by molar-refractivity contribution is 7.98. The maximum atomic E-state index is 12.8. The molecule has 6 heteroatoms.